The summed E-state index contributed by atoms with van der Waals surface area (Å²) in [7, 11) is 1.83. The van der Waals surface area contributed by atoms with Gasteiger partial charge in [-0.05, 0) is 30.5 Å². The van der Waals surface area contributed by atoms with E-state index in [0.717, 1.165) is 35.9 Å². The second kappa shape index (κ2) is 8.65. The first-order chi connectivity index (χ1) is 12.4. The van der Waals surface area contributed by atoms with Crippen molar-refractivity contribution in [1.82, 2.24) is 19.9 Å². The third-order valence-electron chi connectivity index (χ3n) is 4.61. The standard InChI is InChI=1S/C20H27N5O.ClH/c1-20(2,3)18(26)24(4)14-17-16(15-7-9-21-10-8-15)13-22-19(23-17)25-11-5-6-12-25;/h7-10,13H,5-6,11-12,14H2,1-4H3;1H. The molecule has 0 bridgehead atoms. The van der Waals surface area contributed by atoms with Crippen molar-refractivity contribution in [3.63, 3.8) is 0 Å². The summed E-state index contributed by atoms with van der Waals surface area (Å²) in [6.45, 7) is 8.24. The Morgan fingerprint density at radius 1 is 1.19 bits per heavy atom. The fraction of sp³-hybridized carbons (Fsp3) is 0.500. The van der Waals surface area contributed by atoms with Crippen molar-refractivity contribution in [2.24, 2.45) is 5.41 Å². The number of anilines is 1. The van der Waals surface area contributed by atoms with Gasteiger partial charge in [-0.25, -0.2) is 9.97 Å². The van der Waals surface area contributed by atoms with Gasteiger partial charge in [0, 0.05) is 49.7 Å². The topological polar surface area (TPSA) is 62.2 Å². The van der Waals surface area contributed by atoms with Crippen LogP contribution in [0.2, 0.25) is 0 Å². The zero-order chi connectivity index (χ0) is 18.7. The summed E-state index contributed by atoms with van der Waals surface area (Å²) >= 11 is 0. The Morgan fingerprint density at radius 3 is 2.41 bits per heavy atom. The minimum absolute atomic E-state index is 0. The van der Waals surface area contributed by atoms with Gasteiger partial charge >= 0.3 is 0 Å². The van der Waals surface area contributed by atoms with Crippen molar-refractivity contribution in [2.45, 2.75) is 40.2 Å². The maximum atomic E-state index is 12.6. The lowest BCUT2D eigenvalue weighted by atomic mass is 9.94. The maximum absolute atomic E-state index is 12.6. The van der Waals surface area contributed by atoms with Gasteiger partial charge in [0.05, 0.1) is 12.2 Å². The number of carbonyl (C=O) groups excluding carboxylic acids is 1. The van der Waals surface area contributed by atoms with Crippen molar-refractivity contribution in [3.05, 3.63) is 36.4 Å². The lowest BCUT2D eigenvalue weighted by Gasteiger charge is -2.27. The number of hydrogen-bond acceptors (Lipinski definition) is 5. The molecule has 27 heavy (non-hydrogen) atoms. The van der Waals surface area contributed by atoms with E-state index in [-0.39, 0.29) is 18.3 Å². The molecule has 0 atom stereocenters. The van der Waals surface area contributed by atoms with Gasteiger partial charge in [0.25, 0.3) is 0 Å². The summed E-state index contributed by atoms with van der Waals surface area (Å²) in [6, 6.07) is 3.90. The smallest absolute Gasteiger partial charge is 0.228 e. The summed E-state index contributed by atoms with van der Waals surface area (Å²) in [4.78, 5) is 30.1. The molecule has 0 aliphatic carbocycles. The van der Waals surface area contributed by atoms with Crippen molar-refractivity contribution in [2.75, 3.05) is 25.0 Å². The van der Waals surface area contributed by atoms with Crippen LogP contribution in [0.15, 0.2) is 30.7 Å². The minimum Gasteiger partial charge on any atom is -0.341 e. The van der Waals surface area contributed by atoms with Crippen LogP contribution in [0.5, 0.6) is 0 Å². The fourth-order valence-corrected chi connectivity index (χ4v) is 3.24. The van der Waals surface area contributed by atoms with Gasteiger partial charge in [-0.1, -0.05) is 20.8 Å². The maximum Gasteiger partial charge on any atom is 0.228 e. The quantitative estimate of drug-likeness (QED) is 0.799. The van der Waals surface area contributed by atoms with E-state index in [0.29, 0.717) is 6.54 Å². The molecule has 0 radical (unpaired) electrons. The molecule has 1 aliphatic heterocycles. The molecular weight excluding hydrogens is 362 g/mol. The van der Waals surface area contributed by atoms with Gasteiger partial charge in [-0.2, -0.15) is 0 Å². The Morgan fingerprint density at radius 2 is 1.81 bits per heavy atom. The van der Waals surface area contributed by atoms with Crippen LogP contribution in [-0.2, 0) is 11.3 Å². The molecule has 1 aliphatic rings. The molecule has 0 N–H and O–H groups in total. The van der Waals surface area contributed by atoms with Gasteiger partial charge in [0.1, 0.15) is 0 Å². The van der Waals surface area contributed by atoms with E-state index in [4.69, 9.17) is 4.98 Å². The Hall–Kier alpha value is -2.21. The molecule has 2 aromatic rings. The minimum atomic E-state index is -0.420. The fourth-order valence-electron chi connectivity index (χ4n) is 3.24. The summed E-state index contributed by atoms with van der Waals surface area (Å²) < 4.78 is 0. The molecule has 3 heterocycles. The Bertz CT molecular complexity index is 770. The second-order valence-electron chi connectivity index (χ2n) is 7.87. The molecule has 1 amide bonds. The third kappa shape index (κ3) is 4.95. The van der Waals surface area contributed by atoms with Crippen LogP contribution < -0.4 is 4.90 Å². The monoisotopic (exact) mass is 389 g/mol. The van der Waals surface area contributed by atoms with E-state index in [1.165, 1.54) is 12.8 Å². The van der Waals surface area contributed by atoms with Crippen molar-refractivity contribution >= 4 is 24.3 Å². The number of rotatable bonds is 4. The van der Waals surface area contributed by atoms with Crippen molar-refractivity contribution < 1.29 is 4.79 Å². The largest absolute Gasteiger partial charge is 0.341 e. The highest BCUT2D eigenvalue weighted by molar-refractivity contribution is 5.85. The molecule has 3 rings (SSSR count). The van der Waals surface area contributed by atoms with Crippen LogP contribution in [0.4, 0.5) is 5.95 Å². The van der Waals surface area contributed by atoms with Crippen LogP contribution in [0, 0.1) is 5.41 Å². The summed E-state index contributed by atoms with van der Waals surface area (Å²) in [5, 5.41) is 0. The van der Waals surface area contributed by atoms with Gasteiger partial charge in [-0.15, -0.1) is 12.4 Å². The Labute approximate surface area is 167 Å². The average molecular weight is 390 g/mol. The van der Waals surface area contributed by atoms with E-state index >= 15 is 0 Å². The highest BCUT2D eigenvalue weighted by Crippen LogP contribution is 2.26. The molecule has 0 unspecified atom stereocenters. The predicted octanol–water partition coefficient (Wildman–Crippen LogP) is 3.57. The van der Waals surface area contributed by atoms with Crippen LogP contribution in [0.1, 0.15) is 39.3 Å². The lowest BCUT2D eigenvalue weighted by molar-refractivity contribution is -0.138. The number of halogens is 1. The number of pyridine rings is 1. The van der Waals surface area contributed by atoms with E-state index in [1.807, 2.05) is 46.1 Å². The first-order valence-corrected chi connectivity index (χ1v) is 9.13. The van der Waals surface area contributed by atoms with Gasteiger partial charge < -0.3 is 9.80 Å². The van der Waals surface area contributed by atoms with Gasteiger partial charge in [0.2, 0.25) is 11.9 Å². The highest BCUT2D eigenvalue weighted by Gasteiger charge is 2.26. The predicted molar refractivity (Wildman–Crippen MR) is 110 cm³/mol. The summed E-state index contributed by atoms with van der Waals surface area (Å²) in [5.74, 6) is 0.853. The van der Waals surface area contributed by atoms with Crippen LogP contribution in [0.3, 0.4) is 0 Å². The lowest BCUT2D eigenvalue weighted by Crippen LogP contribution is -2.36. The molecule has 0 saturated carbocycles. The summed E-state index contributed by atoms with van der Waals surface area (Å²) in [5.41, 5.74) is 2.41. The Balaban J connectivity index is 0.00000261. The molecular formula is C20H28ClN5O. The molecule has 1 saturated heterocycles. The number of hydrogen-bond donors (Lipinski definition) is 0. The van der Waals surface area contributed by atoms with E-state index in [9.17, 15) is 4.79 Å². The number of amides is 1. The zero-order valence-electron chi connectivity index (χ0n) is 16.5. The normalized spacial score (nSPS) is 14.0. The van der Waals surface area contributed by atoms with E-state index in [1.54, 1.807) is 17.3 Å². The highest BCUT2D eigenvalue weighted by atomic mass is 35.5. The molecule has 0 spiro atoms. The molecule has 6 nitrogen and oxygen atoms in total. The molecule has 146 valence electrons. The zero-order valence-corrected chi connectivity index (χ0v) is 17.3. The van der Waals surface area contributed by atoms with Crippen LogP contribution in [-0.4, -0.2) is 45.9 Å². The molecule has 1 fully saturated rings. The van der Waals surface area contributed by atoms with Crippen LogP contribution >= 0.6 is 12.4 Å². The van der Waals surface area contributed by atoms with E-state index in [2.05, 4.69) is 14.9 Å². The van der Waals surface area contributed by atoms with Crippen LogP contribution in [0.25, 0.3) is 11.1 Å². The van der Waals surface area contributed by atoms with Gasteiger partial charge in [0.15, 0.2) is 0 Å². The second-order valence-corrected chi connectivity index (χ2v) is 7.87. The number of aromatic nitrogens is 3. The first kappa shape index (κ1) is 21.1. The van der Waals surface area contributed by atoms with Crippen molar-refractivity contribution in [3.8, 4) is 11.1 Å². The third-order valence-corrected chi connectivity index (χ3v) is 4.61. The summed E-state index contributed by atoms with van der Waals surface area (Å²) in [6.07, 6.45) is 7.75. The Kier molecular flexibility index (Phi) is 6.76. The molecule has 7 heteroatoms. The first-order valence-electron chi connectivity index (χ1n) is 9.13. The average Bonchev–Trinajstić information content (AvgIpc) is 3.15. The van der Waals surface area contributed by atoms with Gasteiger partial charge in [-0.3, -0.25) is 9.78 Å². The van der Waals surface area contributed by atoms with Crippen molar-refractivity contribution in [1.29, 1.82) is 0 Å². The number of nitrogens with zero attached hydrogens (tertiary/aromatic N) is 5. The SMILES string of the molecule is CN(Cc1nc(N2CCCC2)ncc1-c1ccncc1)C(=O)C(C)(C)C.Cl. The molecule has 2 aromatic heterocycles. The molecule has 0 aromatic carbocycles. The number of carbonyl (C=O) groups is 1. The van der Waals surface area contributed by atoms with E-state index < -0.39 is 5.41 Å².